The van der Waals surface area contributed by atoms with Gasteiger partial charge in [-0.25, -0.2) is 9.97 Å². The number of rotatable bonds is 12. The number of anilines is 3. The van der Waals surface area contributed by atoms with Gasteiger partial charge in [-0.15, -0.1) is 0 Å². The number of carbonyl (C=O) groups is 1. The van der Waals surface area contributed by atoms with Crippen LogP contribution in [0.4, 0.5) is 17.3 Å². The molecule has 0 bridgehead atoms. The molecule has 2 aromatic heterocycles. The number of nitrogens with zero attached hydrogens (tertiary/aromatic N) is 6. The molecule has 0 aliphatic carbocycles. The Morgan fingerprint density at radius 2 is 1.92 bits per heavy atom. The van der Waals surface area contributed by atoms with E-state index in [1.165, 1.54) is 4.90 Å². The van der Waals surface area contributed by atoms with E-state index in [9.17, 15) is 4.79 Å². The number of methoxy groups -OCH3 is 1. The van der Waals surface area contributed by atoms with Gasteiger partial charge in [0.2, 0.25) is 17.7 Å². The second-order valence-electron chi connectivity index (χ2n) is 9.34. The lowest BCUT2D eigenvalue weighted by Crippen LogP contribution is -2.35. The maximum absolute atomic E-state index is 12.2. The maximum atomic E-state index is 12.2. The predicted octanol–water partition coefficient (Wildman–Crippen LogP) is 2.95. The van der Waals surface area contributed by atoms with Crippen LogP contribution in [0.3, 0.4) is 0 Å². The smallest absolute Gasteiger partial charge is 0.253 e. The number of likely N-dealkylation sites (N-methyl/N-ethyl adjacent to an activating group) is 1. The topological polar surface area (TPSA) is 114 Å². The van der Waals surface area contributed by atoms with Gasteiger partial charge in [-0.1, -0.05) is 12.1 Å². The number of carbonyl (C=O) groups excluding carboxylic acids is 1. The first-order chi connectivity index (χ1) is 18.9. The molecule has 1 amide bonds. The van der Waals surface area contributed by atoms with Crippen LogP contribution in [0.1, 0.15) is 11.8 Å². The zero-order valence-corrected chi connectivity index (χ0v) is 23.0. The molecule has 0 spiro atoms. The number of nitrogens with one attached hydrogen (secondary N) is 1. The van der Waals surface area contributed by atoms with Crippen molar-refractivity contribution in [1.82, 2.24) is 24.8 Å². The number of benzene rings is 1. The van der Waals surface area contributed by atoms with E-state index in [1.54, 1.807) is 45.7 Å². The molecule has 0 fully saturated rings. The van der Waals surface area contributed by atoms with Crippen molar-refractivity contribution in [2.75, 3.05) is 85.3 Å². The molecule has 0 saturated carbocycles. The Hall–Kier alpha value is -4.00. The summed E-state index contributed by atoms with van der Waals surface area (Å²) in [6, 6.07) is 9.16. The van der Waals surface area contributed by atoms with Gasteiger partial charge in [-0.2, -0.15) is 4.98 Å². The van der Waals surface area contributed by atoms with E-state index in [4.69, 9.17) is 18.9 Å². The van der Waals surface area contributed by atoms with Crippen LogP contribution >= 0.6 is 0 Å². The second-order valence-corrected chi connectivity index (χ2v) is 9.34. The van der Waals surface area contributed by atoms with Gasteiger partial charge in [-0.3, -0.25) is 4.79 Å². The molecule has 39 heavy (non-hydrogen) atoms. The molecule has 3 heterocycles. The first-order valence-corrected chi connectivity index (χ1v) is 12.5. The Morgan fingerprint density at radius 1 is 1.13 bits per heavy atom. The zero-order chi connectivity index (χ0) is 27.8. The van der Waals surface area contributed by atoms with Gasteiger partial charge in [0.25, 0.3) is 5.91 Å². The van der Waals surface area contributed by atoms with Crippen LogP contribution in [0.25, 0.3) is 11.1 Å². The molecule has 1 aromatic carbocycles. The van der Waals surface area contributed by atoms with Crippen molar-refractivity contribution >= 4 is 23.2 Å². The first-order valence-electron chi connectivity index (χ1n) is 12.5. The largest absolute Gasteiger partial charge is 0.480 e. The number of aromatic nitrogens is 3. The Bertz CT molecular complexity index is 1260. The zero-order valence-electron chi connectivity index (χ0n) is 23.0. The molecule has 12 heteroatoms. The van der Waals surface area contributed by atoms with Gasteiger partial charge >= 0.3 is 0 Å². The van der Waals surface area contributed by atoms with Crippen LogP contribution < -0.4 is 19.7 Å². The van der Waals surface area contributed by atoms with Crippen LogP contribution in [-0.2, 0) is 9.47 Å². The molecule has 1 aliphatic rings. The number of amides is 1. The number of fused-ring (bicyclic) bond motifs is 1. The lowest BCUT2D eigenvalue weighted by Gasteiger charge is -2.30. The number of pyridine rings is 1. The van der Waals surface area contributed by atoms with Crippen LogP contribution in [0, 0.1) is 0 Å². The average Bonchev–Trinajstić information content (AvgIpc) is 2.94. The summed E-state index contributed by atoms with van der Waals surface area (Å²) in [5.41, 5.74) is 3.63. The molecule has 0 radical (unpaired) electrons. The van der Waals surface area contributed by atoms with Gasteiger partial charge in [-0.05, 0) is 37.9 Å². The molecule has 3 aromatic rings. The second kappa shape index (κ2) is 13.2. The summed E-state index contributed by atoms with van der Waals surface area (Å²) in [6.45, 7) is 3.17. The standard InChI is InChI=1S/C27H35N7O5.H2/c1-32(2)10-12-37-18-38-17-34-11-13-39-25-23(34)14-21(15-28-25)30-27-29-16-22(24(31-27)36-5)19-6-8-20(9-7-19)26(35)33(3)4;/h6-9,14-16H,10-13,17-18H2,1-5H3,(H,29,30,31);1H. The van der Waals surface area contributed by atoms with Gasteiger partial charge in [0, 0.05) is 33.8 Å². The third kappa shape index (κ3) is 7.31. The first kappa shape index (κ1) is 28.0. The molecular weight excluding hydrogens is 502 g/mol. The lowest BCUT2D eigenvalue weighted by atomic mass is 10.1. The molecule has 12 nitrogen and oxygen atoms in total. The van der Waals surface area contributed by atoms with E-state index in [0.29, 0.717) is 61.0 Å². The highest BCUT2D eigenvalue weighted by Gasteiger charge is 2.21. The fourth-order valence-corrected chi connectivity index (χ4v) is 3.83. The highest BCUT2D eigenvalue weighted by atomic mass is 16.7. The fraction of sp³-hybridized carbons (Fsp3) is 0.407. The number of ether oxygens (including phenoxy) is 4. The SMILES string of the molecule is COc1nc(Nc2cnc3c(c2)N(COCOCCN(C)C)CCO3)ncc1-c1ccc(C(=O)N(C)C)cc1.[HH]. The van der Waals surface area contributed by atoms with Gasteiger partial charge < -0.3 is 39.0 Å². The summed E-state index contributed by atoms with van der Waals surface area (Å²) in [5, 5.41) is 3.19. The molecule has 0 saturated heterocycles. The Morgan fingerprint density at radius 3 is 2.64 bits per heavy atom. The molecule has 0 unspecified atom stereocenters. The Balaban J connectivity index is 0.00000441. The normalized spacial score (nSPS) is 12.6. The third-order valence-corrected chi connectivity index (χ3v) is 5.92. The predicted molar refractivity (Wildman–Crippen MR) is 150 cm³/mol. The van der Waals surface area contributed by atoms with Gasteiger partial charge in [0.15, 0.2) is 0 Å². The Labute approximate surface area is 230 Å². The van der Waals surface area contributed by atoms with Crippen molar-refractivity contribution in [3.63, 3.8) is 0 Å². The van der Waals surface area contributed by atoms with Gasteiger partial charge in [0.1, 0.15) is 25.8 Å². The van der Waals surface area contributed by atoms with Crippen molar-refractivity contribution < 1.29 is 25.2 Å². The van der Waals surface area contributed by atoms with Crippen LogP contribution in [0.2, 0.25) is 0 Å². The molecule has 210 valence electrons. The number of hydrogen-bond donors (Lipinski definition) is 1. The summed E-state index contributed by atoms with van der Waals surface area (Å²) in [4.78, 5) is 31.3. The van der Waals surface area contributed by atoms with Crippen molar-refractivity contribution in [2.45, 2.75) is 0 Å². The van der Waals surface area contributed by atoms with Crippen LogP contribution in [-0.4, -0.2) is 106 Å². The molecular formula is C27H37N7O5. The highest BCUT2D eigenvalue weighted by molar-refractivity contribution is 5.94. The summed E-state index contributed by atoms with van der Waals surface area (Å²) < 4.78 is 22.5. The van der Waals surface area contributed by atoms with Crippen molar-refractivity contribution in [3.8, 4) is 22.9 Å². The van der Waals surface area contributed by atoms with Crippen LogP contribution in [0.15, 0.2) is 42.7 Å². The fourth-order valence-electron chi connectivity index (χ4n) is 3.83. The van der Waals surface area contributed by atoms with Crippen molar-refractivity contribution in [1.29, 1.82) is 0 Å². The molecule has 0 atom stereocenters. The van der Waals surface area contributed by atoms with E-state index in [-0.39, 0.29) is 14.1 Å². The van der Waals surface area contributed by atoms with E-state index < -0.39 is 0 Å². The summed E-state index contributed by atoms with van der Waals surface area (Å²) >= 11 is 0. The van der Waals surface area contributed by atoms with E-state index in [2.05, 4.69) is 25.2 Å². The Kier molecular flexibility index (Phi) is 9.47. The van der Waals surface area contributed by atoms with E-state index >= 15 is 0 Å². The summed E-state index contributed by atoms with van der Waals surface area (Å²) in [7, 11) is 8.99. The van der Waals surface area contributed by atoms with Gasteiger partial charge in [0.05, 0.1) is 37.7 Å². The van der Waals surface area contributed by atoms with Crippen molar-refractivity contribution in [2.24, 2.45) is 0 Å². The van der Waals surface area contributed by atoms with Crippen LogP contribution in [0.5, 0.6) is 11.8 Å². The molecule has 1 N–H and O–H groups in total. The summed E-state index contributed by atoms with van der Waals surface area (Å²) in [6.07, 6.45) is 3.35. The average molecular weight is 540 g/mol. The minimum Gasteiger partial charge on any atom is -0.480 e. The summed E-state index contributed by atoms with van der Waals surface area (Å²) in [5.74, 6) is 1.23. The molecule has 4 rings (SSSR count). The van der Waals surface area contributed by atoms with E-state index in [1.807, 2.05) is 37.2 Å². The highest BCUT2D eigenvalue weighted by Crippen LogP contribution is 2.33. The third-order valence-electron chi connectivity index (χ3n) is 5.92. The maximum Gasteiger partial charge on any atom is 0.253 e. The lowest BCUT2D eigenvalue weighted by molar-refractivity contribution is -0.0567. The minimum absolute atomic E-state index is 0. The number of hydrogen-bond acceptors (Lipinski definition) is 11. The van der Waals surface area contributed by atoms with E-state index in [0.717, 1.165) is 17.8 Å². The molecule has 1 aliphatic heterocycles. The monoisotopic (exact) mass is 539 g/mol. The quantitative estimate of drug-likeness (QED) is 0.271. The minimum atomic E-state index is -0.0631. The van der Waals surface area contributed by atoms with Crippen molar-refractivity contribution in [3.05, 3.63) is 48.3 Å².